The Kier molecular flexibility index (Phi) is 4.00. The Balaban J connectivity index is 2.05. The normalized spacial score (nSPS) is 17.8. The van der Waals surface area contributed by atoms with Crippen LogP contribution >= 0.6 is 0 Å². The van der Waals surface area contributed by atoms with E-state index in [-0.39, 0.29) is 5.41 Å². The molecule has 1 fully saturated rings. The molecule has 1 saturated carbocycles. The van der Waals surface area contributed by atoms with Gasteiger partial charge in [-0.25, -0.2) is 8.78 Å². The molecule has 3 heteroatoms. The van der Waals surface area contributed by atoms with E-state index in [1.165, 1.54) is 18.6 Å². The number of hydrogen-bond acceptors (Lipinski definition) is 1. The van der Waals surface area contributed by atoms with Gasteiger partial charge in [-0.1, -0.05) is 20.3 Å². The molecule has 1 aliphatic rings. The lowest BCUT2D eigenvalue weighted by Crippen LogP contribution is -2.43. The van der Waals surface area contributed by atoms with Gasteiger partial charge in [-0.2, -0.15) is 0 Å². The van der Waals surface area contributed by atoms with Gasteiger partial charge < -0.3 is 5.32 Å². The fourth-order valence-electron chi connectivity index (χ4n) is 2.66. The van der Waals surface area contributed by atoms with Crippen molar-refractivity contribution < 1.29 is 8.78 Å². The zero-order chi connectivity index (χ0) is 13.2. The van der Waals surface area contributed by atoms with Gasteiger partial charge in [0.05, 0.1) is 0 Å². The van der Waals surface area contributed by atoms with Crippen molar-refractivity contribution in [3.63, 3.8) is 0 Å². The van der Waals surface area contributed by atoms with Crippen LogP contribution < -0.4 is 5.32 Å². The van der Waals surface area contributed by atoms with Gasteiger partial charge in [-0.3, -0.25) is 0 Å². The number of rotatable bonds is 5. The highest BCUT2D eigenvalue weighted by Crippen LogP contribution is 2.43. The SMILES string of the molecule is CC(C)NCC1(Cc2cc(F)cc(F)c2)CCC1. The molecule has 0 aliphatic heterocycles. The van der Waals surface area contributed by atoms with E-state index in [1.807, 2.05) is 0 Å². The Hall–Kier alpha value is -0.960. The van der Waals surface area contributed by atoms with Crippen molar-refractivity contribution in [2.45, 2.75) is 45.6 Å². The monoisotopic (exact) mass is 253 g/mol. The fraction of sp³-hybridized carbons (Fsp3) is 0.600. The number of nitrogens with one attached hydrogen (secondary N) is 1. The molecule has 0 atom stereocenters. The van der Waals surface area contributed by atoms with E-state index >= 15 is 0 Å². The van der Waals surface area contributed by atoms with E-state index in [1.54, 1.807) is 0 Å². The van der Waals surface area contributed by atoms with E-state index in [0.29, 0.717) is 6.04 Å². The number of benzene rings is 1. The maximum atomic E-state index is 13.2. The summed E-state index contributed by atoms with van der Waals surface area (Å²) >= 11 is 0. The van der Waals surface area contributed by atoms with Crippen molar-refractivity contribution in [1.82, 2.24) is 5.32 Å². The molecule has 2 rings (SSSR count). The Morgan fingerprint density at radius 1 is 1.17 bits per heavy atom. The summed E-state index contributed by atoms with van der Waals surface area (Å²) in [6.45, 7) is 5.17. The standard InChI is InChI=1S/C15H21F2N/c1-11(2)18-10-15(4-3-5-15)9-12-6-13(16)8-14(17)7-12/h6-8,11,18H,3-5,9-10H2,1-2H3. The predicted octanol–water partition coefficient (Wildman–Crippen LogP) is 3.68. The molecule has 1 aliphatic carbocycles. The predicted molar refractivity (Wildman–Crippen MR) is 69.5 cm³/mol. The molecule has 0 unspecified atom stereocenters. The highest BCUT2D eigenvalue weighted by molar-refractivity contribution is 5.20. The van der Waals surface area contributed by atoms with Gasteiger partial charge in [-0.15, -0.1) is 0 Å². The second-order valence-electron chi connectivity index (χ2n) is 5.84. The summed E-state index contributed by atoms with van der Waals surface area (Å²) in [5.41, 5.74) is 0.975. The van der Waals surface area contributed by atoms with Crippen molar-refractivity contribution in [1.29, 1.82) is 0 Å². The Bertz CT molecular complexity index is 391. The third kappa shape index (κ3) is 3.29. The van der Waals surface area contributed by atoms with Gasteiger partial charge in [-0.05, 0) is 42.4 Å². The highest BCUT2D eigenvalue weighted by atomic mass is 19.1. The maximum Gasteiger partial charge on any atom is 0.126 e. The van der Waals surface area contributed by atoms with Crippen molar-refractivity contribution in [2.24, 2.45) is 5.41 Å². The molecular formula is C15H21F2N. The van der Waals surface area contributed by atoms with E-state index < -0.39 is 11.6 Å². The minimum Gasteiger partial charge on any atom is -0.314 e. The first-order chi connectivity index (χ1) is 8.49. The average Bonchev–Trinajstić information content (AvgIpc) is 2.20. The van der Waals surface area contributed by atoms with Crippen LogP contribution in [0.2, 0.25) is 0 Å². The van der Waals surface area contributed by atoms with Crippen LogP contribution in [0.3, 0.4) is 0 Å². The molecule has 0 radical (unpaired) electrons. The van der Waals surface area contributed by atoms with Crippen LogP contribution in [-0.4, -0.2) is 12.6 Å². The van der Waals surface area contributed by atoms with Crippen molar-refractivity contribution in [3.8, 4) is 0 Å². The molecule has 100 valence electrons. The molecule has 1 aromatic carbocycles. The fourth-order valence-corrected chi connectivity index (χ4v) is 2.66. The average molecular weight is 253 g/mol. The molecule has 0 bridgehead atoms. The Labute approximate surface area is 108 Å². The van der Waals surface area contributed by atoms with E-state index in [2.05, 4.69) is 19.2 Å². The van der Waals surface area contributed by atoms with Gasteiger partial charge in [0.1, 0.15) is 11.6 Å². The molecule has 0 heterocycles. The second-order valence-corrected chi connectivity index (χ2v) is 5.84. The summed E-state index contributed by atoms with van der Waals surface area (Å²) in [4.78, 5) is 0. The first-order valence-corrected chi connectivity index (χ1v) is 6.67. The van der Waals surface area contributed by atoms with E-state index in [4.69, 9.17) is 0 Å². The molecule has 0 spiro atoms. The van der Waals surface area contributed by atoms with Crippen LogP contribution in [0.15, 0.2) is 18.2 Å². The van der Waals surface area contributed by atoms with Crippen LogP contribution in [-0.2, 0) is 6.42 Å². The lowest BCUT2D eigenvalue weighted by molar-refractivity contribution is 0.126. The van der Waals surface area contributed by atoms with Crippen LogP contribution in [0.4, 0.5) is 8.78 Å². The van der Waals surface area contributed by atoms with Crippen molar-refractivity contribution in [3.05, 3.63) is 35.4 Å². The second kappa shape index (κ2) is 5.35. The largest absolute Gasteiger partial charge is 0.314 e. The van der Waals surface area contributed by atoms with Crippen LogP contribution in [0, 0.1) is 17.0 Å². The minimum atomic E-state index is -0.476. The van der Waals surface area contributed by atoms with E-state index in [9.17, 15) is 8.78 Å². The quantitative estimate of drug-likeness (QED) is 0.844. The molecule has 1 aromatic rings. The van der Waals surface area contributed by atoms with Crippen LogP contribution in [0.1, 0.15) is 38.7 Å². The molecule has 18 heavy (non-hydrogen) atoms. The van der Waals surface area contributed by atoms with Gasteiger partial charge >= 0.3 is 0 Å². The van der Waals surface area contributed by atoms with Crippen LogP contribution in [0.25, 0.3) is 0 Å². The van der Waals surface area contributed by atoms with Crippen molar-refractivity contribution in [2.75, 3.05) is 6.54 Å². The maximum absolute atomic E-state index is 13.2. The molecule has 0 saturated heterocycles. The van der Waals surface area contributed by atoms with Gasteiger partial charge in [0.15, 0.2) is 0 Å². The molecule has 1 N–H and O–H groups in total. The smallest absolute Gasteiger partial charge is 0.126 e. The molecule has 0 aromatic heterocycles. The topological polar surface area (TPSA) is 12.0 Å². The highest BCUT2D eigenvalue weighted by Gasteiger charge is 2.36. The summed E-state index contributed by atoms with van der Waals surface area (Å²) in [5.74, 6) is -0.951. The molecule has 1 nitrogen and oxygen atoms in total. The Morgan fingerprint density at radius 3 is 2.22 bits per heavy atom. The summed E-state index contributed by atoms with van der Waals surface area (Å²) in [6, 6.07) is 4.30. The van der Waals surface area contributed by atoms with Crippen molar-refractivity contribution >= 4 is 0 Å². The lowest BCUT2D eigenvalue weighted by atomic mass is 9.65. The summed E-state index contributed by atoms with van der Waals surface area (Å²) in [6.07, 6.45) is 4.27. The Morgan fingerprint density at radius 2 is 1.78 bits per heavy atom. The molecule has 0 amide bonds. The first-order valence-electron chi connectivity index (χ1n) is 6.67. The zero-order valence-corrected chi connectivity index (χ0v) is 11.1. The minimum absolute atomic E-state index is 0.199. The number of halogens is 2. The van der Waals surface area contributed by atoms with Gasteiger partial charge in [0.2, 0.25) is 0 Å². The molecular weight excluding hydrogens is 232 g/mol. The lowest BCUT2D eigenvalue weighted by Gasteiger charge is -2.43. The van der Waals surface area contributed by atoms with Gasteiger partial charge in [0.25, 0.3) is 0 Å². The number of hydrogen-bond donors (Lipinski definition) is 1. The summed E-state index contributed by atoms with van der Waals surface area (Å²) in [7, 11) is 0. The third-order valence-electron chi connectivity index (χ3n) is 3.80. The first kappa shape index (κ1) is 13.5. The third-order valence-corrected chi connectivity index (χ3v) is 3.80. The zero-order valence-electron chi connectivity index (χ0n) is 11.1. The summed E-state index contributed by atoms with van der Waals surface area (Å²) < 4.78 is 26.4. The van der Waals surface area contributed by atoms with Gasteiger partial charge in [0, 0.05) is 18.7 Å². The summed E-state index contributed by atoms with van der Waals surface area (Å²) in [5, 5.41) is 3.45. The van der Waals surface area contributed by atoms with E-state index in [0.717, 1.165) is 37.4 Å². The van der Waals surface area contributed by atoms with Crippen LogP contribution in [0.5, 0.6) is 0 Å².